The number of benzene rings is 1. The van der Waals surface area contributed by atoms with Gasteiger partial charge < -0.3 is 9.64 Å². The number of fused-ring (bicyclic) bond motifs is 1. The van der Waals surface area contributed by atoms with Gasteiger partial charge in [-0.2, -0.15) is 0 Å². The predicted octanol–water partition coefficient (Wildman–Crippen LogP) is 3.25. The first-order valence-corrected chi connectivity index (χ1v) is 8.35. The number of carbonyl (C=O) groups excluding carboxylic acids is 1. The molecule has 0 atom stereocenters. The largest absolute Gasteiger partial charge is 0.462 e. The van der Waals surface area contributed by atoms with Crippen molar-refractivity contribution in [2.75, 3.05) is 25.1 Å². The summed E-state index contributed by atoms with van der Waals surface area (Å²) in [4.78, 5) is 23.7. The minimum atomic E-state index is -0.503. The average molecular weight is 362 g/mol. The molecule has 1 heterocycles. The maximum Gasteiger partial charge on any atom is 0.333 e. The predicted molar refractivity (Wildman–Crippen MR) is 96.0 cm³/mol. The van der Waals surface area contributed by atoms with E-state index in [1.807, 2.05) is 11.9 Å². The summed E-state index contributed by atoms with van der Waals surface area (Å²) in [7, 11) is 1.89. The lowest BCUT2D eigenvalue weighted by Crippen LogP contribution is -2.19. The fourth-order valence-electron chi connectivity index (χ4n) is 2.51. The highest BCUT2D eigenvalue weighted by atomic mass is 16.6. The van der Waals surface area contributed by atoms with E-state index in [9.17, 15) is 14.9 Å². The summed E-state index contributed by atoms with van der Waals surface area (Å²) in [5.41, 5.74) is 1.56. The van der Waals surface area contributed by atoms with Crippen LogP contribution in [-0.2, 0) is 9.53 Å². The molecule has 0 fully saturated rings. The molecular weight excluding hydrogens is 340 g/mol. The normalized spacial score (nSPS) is 10.7. The van der Waals surface area contributed by atoms with E-state index in [4.69, 9.17) is 4.74 Å². The number of aromatic nitrogens is 2. The lowest BCUT2D eigenvalue weighted by molar-refractivity contribution is -0.383. The second kappa shape index (κ2) is 8.93. The lowest BCUT2D eigenvalue weighted by atomic mass is 10.1. The maximum atomic E-state index is 11.2. The third-order valence-electron chi connectivity index (χ3n) is 3.95. The molecule has 26 heavy (non-hydrogen) atoms. The summed E-state index contributed by atoms with van der Waals surface area (Å²) >= 11 is 0. The van der Waals surface area contributed by atoms with Crippen molar-refractivity contribution >= 4 is 28.4 Å². The smallest absolute Gasteiger partial charge is 0.333 e. The van der Waals surface area contributed by atoms with Gasteiger partial charge in [-0.3, -0.25) is 10.1 Å². The molecule has 0 spiro atoms. The molecule has 1 aromatic carbocycles. The summed E-state index contributed by atoms with van der Waals surface area (Å²) in [6.45, 7) is 6.31. The molecule has 9 heteroatoms. The van der Waals surface area contributed by atoms with Crippen LogP contribution in [0.15, 0.2) is 28.9 Å². The number of hydrogen-bond acceptors (Lipinski definition) is 8. The Hall–Kier alpha value is -2.97. The molecular formula is C17H22N4O5. The first kappa shape index (κ1) is 19.4. The molecule has 1 aromatic heterocycles. The number of carbonyl (C=O) groups is 1. The van der Waals surface area contributed by atoms with Crippen LogP contribution >= 0.6 is 0 Å². The Morgan fingerprint density at radius 2 is 1.96 bits per heavy atom. The van der Waals surface area contributed by atoms with Crippen molar-refractivity contribution in [3.05, 3.63) is 34.4 Å². The highest BCUT2D eigenvalue weighted by molar-refractivity contribution is 5.93. The molecule has 140 valence electrons. The molecule has 0 saturated heterocycles. The van der Waals surface area contributed by atoms with Crippen molar-refractivity contribution < 1.29 is 19.1 Å². The molecule has 0 N–H and O–H groups in total. The van der Waals surface area contributed by atoms with Crippen molar-refractivity contribution in [2.24, 2.45) is 0 Å². The first-order chi connectivity index (χ1) is 12.4. The van der Waals surface area contributed by atoms with Crippen molar-refractivity contribution in [3.63, 3.8) is 0 Å². The highest BCUT2D eigenvalue weighted by Gasteiger charge is 2.20. The third kappa shape index (κ3) is 4.78. The molecule has 0 radical (unpaired) electrons. The Morgan fingerprint density at radius 1 is 1.27 bits per heavy atom. The van der Waals surface area contributed by atoms with Crippen LogP contribution in [-0.4, -0.2) is 41.4 Å². The number of non-ortho nitro benzene ring substituents is 1. The Kier molecular flexibility index (Phi) is 6.65. The number of nitro groups is 1. The van der Waals surface area contributed by atoms with Crippen LogP contribution in [0.2, 0.25) is 0 Å². The van der Waals surface area contributed by atoms with Crippen LogP contribution in [0.4, 0.5) is 11.4 Å². The van der Waals surface area contributed by atoms with Crippen LogP contribution in [0, 0.1) is 10.1 Å². The Labute approximate surface area is 150 Å². The van der Waals surface area contributed by atoms with E-state index >= 15 is 0 Å². The molecule has 0 aliphatic carbocycles. The average Bonchev–Trinajstić information content (AvgIpc) is 3.08. The fourth-order valence-corrected chi connectivity index (χ4v) is 2.51. The van der Waals surface area contributed by atoms with Gasteiger partial charge in [0.15, 0.2) is 5.52 Å². The number of nitrogens with zero attached hydrogens (tertiary/aromatic N) is 4. The van der Waals surface area contributed by atoms with Crippen LogP contribution in [0.5, 0.6) is 0 Å². The quantitative estimate of drug-likeness (QED) is 0.208. The number of hydrogen-bond donors (Lipinski definition) is 0. The van der Waals surface area contributed by atoms with Crippen molar-refractivity contribution in [2.45, 2.75) is 32.6 Å². The standard InChI is InChI=1S/C17H22N4O5/c1-12(2)17(22)25-11-7-5-4-6-10-20(3)13-8-9-14(21(23)24)16-15(13)18-26-19-16/h8-9H,1,4-7,10-11H2,2-3H3. The zero-order valence-electron chi connectivity index (χ0n) is 14.9. The van der Waals surface area contributed by atoms with E-state index in [0.717, 1.165) is 37.9 Å². The van der Waals surface area contributed by atoms with Crippen LogP contribution in [0.1, 0.15) is 32.6 Å². The van der Waals surface area contributed by atoms with Gasteiger partial charge in [0.05, 0.1) is 17.2 Å². The van der Waals surface area contributed by atoms with E-state index in [1.54, 1.807) is 13.0 Å². The second-order valence-corrected chi connectivity index (χ2v) is 6.07. The van der Waals surface area contributed by atoms with Gasteiger partial charge in [-0.15, -0.1) is 0 Å². The van der Waals surface area contributed by atoms with Gasteiger partial charge in [-0.25, -0.2) is 9.42 Å². The van der Waals surface area contributed by atoms with E-state index in [2.05, 4.69) is 21.5 Å². The molecule has 0 aliphatic rings. The van der Waals surface area contributed by atoms with E-state index in [-0.39, 0.29) is 17.2 Å². The van der Waals surface area contributed by atoms with Crippen LogP contribution in [0.3, 0.4) is 0 Å². The van der Waals surface area contributed by atoms with E-state index in [1.165, 1.54) is 6.07 Å². The maximum absolute atomic E-state index is 11.2. The Morgan fingerprint density at radius 3 is 2.65 bits per heavy atom. The summed E-state index contributed by atoms with van der Waals surface area (Å²) in [6, 6.07) is 3.07. The van der Waals surface area contributed by atoms with Crippen molar-refractivity contribution in [1.29, 1.82) is 0 Å². The molecule has 0 amide bonds. The van der Waals surface area contributed by atoms with Crippen molar-refractivity contribution in [3.8, 4) is 0 Å². The molecule has 2 aromatic rings. The Balaban J connectivity index is 1.79. The number of nitro benzene ring substituents is 1. The SMILES string of the molecule is C=C(C)C(=O)OCCCCCCN(C)c1ccc([N+](=O)[O-])c2nonc12. The van der Waals surface area contributed by atoms with Gasteiger partial charge in [0.2, 0.25) is 5.52 Å². The fraction of sp³-hybridized carbons (Fsp3) is 0.471. The summed E-state index contributed by atoms with van der Waals surface area (Å²) in [5.74, 6) is -0.354. The number of anilines is 1. The number of rotatable bonds is 10. The zero-order chi connectivity index (χ0) is 19.1. The molecule has 9 nitrogen and oxygen atoms in total. The van der Waals surface area contributed by atoms with Crippen LogP contribution in [0.25, 0.3) is 11.0 Å². The Bertz CT molecular complexity index is 802. The van der Waals surface area contributed by atoms with Gasteiger partial charge in [-0.05, 0) is 42.6 Å². The van der Waals surface area contributed by atoms with E-state index < -0.39 is 4.92 Å². The zero-order valence-corrected chi connectivity index (χ0v) is 14.9. The van der Waals surface area contributed by atoms with Crippen molar-refractivity contribution in [1.82, 2.24) is 10.3 Å². The topological polar surface area (TPSA) is 112 Å². The van der Waals surface area contributed by atoms with Crippen LogP contribution < -0.4 is 4.90 Å². The molecule has 0 saturated carbocycles. The van der Waals surface area contributed by atoms with Gasteiger partial charge in [0, 0.05) is 25.2 Å². The number of esters is 1. The minimum Gasteiger partial charge on any atom is -0.462 e. The van der Waals surface area contributed by atoms with Gasteiger partial charge in [0.1, 0.15) is 0 Å². The molecule has 2 rings (SSSR count). The molecule has 0 bridgehead atoms. The van der Waals surface area contributed by atoms with Gasteiger partial charge in [0.25, 0.3) is 0 Å². The molecule has 0 aliphatic heterocycles. The number of ether oxygens (including phenoxy) is 1. The summed E-state index contributed by atoms with van der Waals surface area (Å²) in [6.07, 6.45) is 3.65. The van der Waals surface area contributed by atoms with E-state index in [0.29, 0.717) is 17.7 Å². The minimum absolute atomic E-state index is 0.122. The summed E-state index contributed by atoms with van der Waals surface area (Å²) < 4.78 is 9.71. The first-order valence-electron chi connectivity index (χ1n) is 8.35. The summed E-state index contributed by atoms with van der Waals surface area (Å²) in [5, 5.41) is 18.4. The third-order valence-corrected chi connectivity index (χ3v) is 3.95. The van der Waals surface area contributed by atoms with Gasteiger partial charge >= 0.3 is 11.7 Å². The molecule has 0 unspecified atom stereocenters. The number of unbranched alkanes of at least 4 members (excludes halogenated alkanes) is 3. The van der Waals surface area contributed by atoms with Gasteiger partial charge in [-0.1, -0.05) is 13.0 Å². The monoisotopic (exact) mass is 362 g/mol. The highest BCUT2D eigenvalue weighted by Crippen LogP contribution is 2.30. The second-order valence-electron chi connectivity index (χ2n) is 6.07. The lowest BCUT2D eigenvalue weighted by Gasteiger charge is -2.19.